The summed E-state index contributed by atoms with van der Waals surface area (Å²) in [6.07, 6.45) is 3.34. The van der Waals surface area contributed by atoms with Gasteiger partial charge in [0.2, 0.25) is 0 Å². The number of halogens is 1. The Balaban J connectivity index is 2.13. The first-order valence-electron chi connectivity index (χ1n) is 7.40. The van der Waals surface area contributed by atoms with Crippen molar-refractivity contribution in [2.45, 2.75) is 19.8 Å². The van der Waals surface area contributed by atoms with Crippen molar-refractivity contribution in [2.75, 3.05) is 6.54 Å². The van der Waals surface area contributed by atoms with Crippen LogP contribution in [0.1, 0.15) is 25.5 Å². The lowest BCUT2D eigenvalue weighted by Gasteiger charge is -2.02. The van der Waals surface area contributed by atoms with E-state index in [9.17, 15) is 4.79 Å². The number of nitrogens with zero attached hydrogens (tertiary/aromatic N) is 1. The van der Waals surface area contributed by atoms with Crippen LogP contribution in [-0.4, -0.2) is 12.5 Å². The molecule has 0 aliphatic rings. The zero-order chi connectivity index (χ0) is 16.7. The number of nitriles is 1. The van der Waals surface area contributed by atoms with Gasteiger partial charge in [-0.15, -0.1) is 0 Å². The smallest absolute Gasteiger partial charge is 0.262 e. The minimum atomic E-state index is -0.373. The summed E-state index contributed by atoms with van der Waals surface area (Å²) in [5, 5.41) is 11.9. The predicted octanol–water partition coefficient (Wildman–Crippen LogP) is 4.53. The average Bonchev–Trinajstić information content (AvgIpc) is 3.02. The molecule has 4 nitrogen and oxygen atoms in total. The third-order valence-electron chi connectivity index (χ3n) is 3.22. The molecule has 0 saturated heterocycles. The fourth-order valence-corrected chi connectivity index (χ4v) is 2.23. The van der Waals surface area contributed by atoms with Crippen molar-refractivity contribution < 1.29 is 9.21 Å². The van der Waals surface area contributed by atoms with Crippen LogP contribution in [0.3, 0.4) is 0 Å². The van der Waals surface area contributed by atoms with Crippen LogP contribution >= 0.6 is 15.9 Å². The Morgan fingerprint density at radius 3 is 2.70 bits per heavy atom. The fraction of sp³-hybridized carbons (Fsp3) is 0.222. The van der Waals surface area contributed by atoms with Crippen LogP contribution < -0.4 is 5.32 Å². The van der Waals surface area contributed by atoms with E-state index in [0.717, 1.165) is 22.9 Å². The van der Waals surface area contributed by atoms with Crippen molar-refractivity contribution in [3.8, 4) is 17.4 Å². The van der Waals surface area contributed by atoms with Gasteiger partial charge in [0.1, 0.15) is 23.2 Å². The highest BCUT2D eigenvalue weighted by Gasteiger charge is 2.10. The van der Waals surface area contributed by atoms with Crippen LogP contribution in [0, 0.1) is 11.3 Å². The van der Waals surface area contributed by atoms with Crippen molar-refractivity contribution in [3.05, 3.63) is 52.2 Å². The van der Waals surface area contributed by atoms with Crippen molar-refractivity contribution in [1.82, 2.24) is 5.32 Å². The Kier molecular flexibility index (Phi) is 6.19. The number of rotatable bonds is 6. The van der Waals surface area contributed by atoms with Gasteiger partial charge in [-0.3, -0.25) is 4.79 Å². The number of carbonyl (C=O) groups excluding carboxylic acids is 1. The molecule has 2 aromatic rings. The van der Waals surface area contributed by atoms with Gasteiger partial charge in [0, 0.05) is 22.7 Å². The molecule has 0 unspecified atom stereocenters. The molecule has 0 aliphatic heterocycles. The van der Waals surface area contributed by atoms with E-state index < -0.39 is 0 Å². The first-order valence-corrected chi connectivity index (χ1v) is 8.19. The Hall–Kier alpha value is -2.32. The molecule has 0 atom stereocenters. The van der Waals surface area contributed by atoms with Gasteiger partial charge < -0.3 is 9.73 Å². The maximum atomic E-state index is 11.9. The van der Waals surface area contributed by atoms with Crippen molar-refractivity contribution >= 4 is 27.9 Å². The summed E-state index contributed by atoms with van der Waals surface area (Å²) in [6, 6.07) is 13.2. The second-order valence-corrected chi connectivity index (χ2v) is 5.90. The fourth-order valence-electron chi connectivity index (χ4n) is 1.96. The van der Waals surface area contributed by atoms with Crippen LogP contribution in [0.4, 0.5) is 0 Å². The molecule has 1 heterocycles. The summed E-state index contributed by atoms with van der Waals surface area (Å²) in [5.41, 5.74) is 0.969. The number of hydrogen-bond donors (Lipinski definition) is 1. The van der Waals surface area contributed by atoms with Gasteiger partial charge in [0.15, 0.2) is 0 Å². The summed E-state index contributed by atoms with van der Waals surface area (Å²) in [7, 11) is 0. The molecule has 23 heavy (non-hydrogen) atoms. The molecular weight excluding hydrogens is 356 g/mol. The van der Waals surface area contributed by atoms with Crippen molar-refractivity contribution in [1.29, 1.82) is 5.26 Å². The van der Waals surface area contributed by atoms with Gasteiger partial charge in [-0.2, -0.15) is 5.26 Å². The molecule has 0 saturated carbocycles. The molecule has 0 radical (unpaired) electrons. The lowest BCUT2D eigenvalue weighted by molar-refractivity contribution is -0.117. The Labute approximate surface area is 143 Å². The van der Waals surface area contributed by atoms with Gasteiger partial charge in [0.25, 0.3) is 5.91 Å². The van der Waals surface area contributed by atoms with Crippen molar-refractivity contribution in [2.24, 2.45) is 0 Å². The van der Waals surface area contributed by atoms with Gasteiger partial charge in [-0.05, 0) is 30.7 Å². The summed E-state index contributed by atoms with van der Waals surface area (Å²) in [5.74, 6) is 0.792. The minimum absolute atomic E-state index is 0.0396. The average molecular weight is 373 g/mol. The predicted molar refractivity (Wildman–Crippen MR) is 93.4 cm³/mol. The van der Waals surface area contributed by atoms with E-state index in [-0.39, 0.29) is 11.5 Å². The molecule has 0 aliphatic carbocycles. The van der Waals surface area contributed by atoms with E-state index in [2.05, 4.69) is 21.2 Å². The van der Waals surface area contributed by atoms with Crippen LogP contribution in [-0.2, 0) is 4.79 Å². The molecule has 0 bridgehead atoms. The van der Waals surface area contributed by atoms with Crippen molar-refractivity contribution in [3.63, 3.8) is 0 Å². The van der Waals surface area contributed by atoms with E-state index >= 15 is 0 Å². The topological polar surface area (TPSA) is 66.0 Å². The Morgan fingerprint density at radius 1 is 1.30 bits per heavy atom. The van der Waals surface area contributed by atoms with Gasteiger partial charge in [-0.1, -0.05) is 41.4 Å². The van der Waals surface area contributed by atoms with E-state index in [1.165, 1.54) is 6.08 Å². The molecule has 1 N–H and O–H groups in total. The third-order valence-corrected chi connectivity index (χ3v) is 3.75. The SMILES string of the molecule is CCCCNC(=O)/C(C#N)=C/c1ccc(-c2ccc(Br)cc2)o1. The first kappa shape index (κ1) is 17.0. The number of benzene rings is 1. The highest BCUT2D eigenvalue weighted by atomic mass is 79.9. The Morgan fingerprint density at radius 2 is 2.04 bits per heavy atom. The molecule has 1 aromatic heterocycles. The van der Waals surface area contributed by atoms with E-state index in [1.54, 1.807) is 6.07 Å². The molecule has 5 heteroatoms. The summed E-state index contributed by atoms with van der Waals surface area (Å²) < 4.78 is 6.68. The maximum absolute atomic E-state index is 11.9. The lowest BCUT2D eigenvalue weighted by atomic mass is 10.2. The molecule has 2 rings (SSSR count). The molecule has 118 valence electrons. The summed E-state index contributed by atoms with van der Waals surface area (Å²) in [6.45, 7) is 2.61. The first-order chi connectivity index (χ1) is 11.1. The Bertz CT molecular complexity index is 739. The number of unbranched alkanes of at least 4 members (excludes halogenated alkanes) is 1. The molecule has 1 amide bonds. The van der Waals surface area contributed by atoms with Gasteiger partial charge >= 0.3 is 0 Å². The minimum Gasteiger partial charge on any atom is -0.457 e. The standard InChI is InChI=1S/C18H17BrN2O2/c1-2-3-10-21-18(22)14(12-20)11-16-8-9-17(23-16)13-4-6-15(19)7-5-13/h4-9,11H,2-3,10H2,1H3,(H,21,22)/b14-11+. The van der Waals surface area contributed by atoms with Crippen LogP contribution in [0.25, 0.3) is 17.4 Å². The van der Waals surface area contributed by atoms with E-state index in [0.29, 0.717) is 18.1 Å². The zero-order valence-corrected chi connectivity index (χ0v) is 14.4. The van der Waals surface area contributed by atoms with Crippen LogP contribution in [0.5, 0.6) is 0 Å². The van der Waals surface area contributed by atoms with Gasteiger partial charge in [0.05, 0.1) is 0 Å². The monoisotopic (exact) mass is 372 g/mol. The second kappa shape index (κ2) is 8.35. The summed E-state index contributed by atoms with van der Waals surface area (Å²) in [4.78, 5) is 11.9. The number of amides is 1. The quantitative estimate of drug-likeness (QED) is 0.460. The number of nitrogens with one attached hydrogen (secondary N) is 1. The van der Waals surface area contributed by atoms with Crippen LogP contribution in [0.15, 0.2) is 50.9 Å². The molecule has 1 aromatic carbocycles. The highest BCUT2D eigenvalue weighted by molar-refractivity contribution is 9.10. The normalized spacial score (nSPS) is 11.1. The summed E-state index contributed by atoms with van der Waals surface area (Å²) >= 11 is 3.39. The highest BCUT2D eigenvalue weighted by Crippen LogP contribution is 2.24. The lowest BCUT2D eigenvalue weighted by Crippen LogP contribution is -2.25. The number of furan rings is 1. The number of carbonyl (C=O) groups is 1. The second-order valence-electron chi connectivity index (χ2n) is 4.99. The zero-order valence-electron chi connectivity index (χ0n) is 12.8. The van der Waals surface area contributed by atoms with Crippen LogP contribution in [0.2, 0.25) is 0 Å². The van der Waals surface area contributed by atoms with E-state index in [4.69, 9.17) is 9.68 Å². The maximum Gasteiger partial charge on any atom is 0.262 e. The van der Waals surface area contributed by atoms with E-state index in [1.807, 2.05) is 43.3 Å². The molecule has 0 spiro atoms. The van der Waals surface area contributed by atoms with Gasteiger partial charge in [-0.25, -0.2) is 0 Å². The molecule has 0 fully saturated rings. The third kappa shape index (κ3) is 4.83. The number of hydrogen-bond acceptors (Lipinski definition) is 3. The molecular formula is C18H17BrN2O2. The largest absolute Gasteiger partial charge is 0.457 e.